The van der Waals surface area contributed by atoms with Gasteiger partial charge in [-0.05, 0) is 0 Å². The summed E-state index contributed by atoms with van der Waals surface area (Å²) in [4.78, 5) is 0. The maximum absolute atomic E-state index is 2.64. The van der Waals surface area contributed by atoms with E-state index in [0.29, 0.717) is 3.63 Å². The number of hydrogen-bond donors (Lipinski definition) is 0. The van der Waals surface area contributed by atoms with Crippen LogP contribution in [0.2, 0.25) is 0 Å². The fourth-order valence-electron chi connectivity index (χ4n) is 6.37. The van der Waals surface area contributed by atoms with Crippen LogP contribution in [0.5, 0.6) is 0 Å². The summed E-state index contributed by atoms with van der Waals surface area (Å²) in [6.07, 6.45) is 7.17. The van der Waals surface area contributed by atoms with Crippen molar-refractivity contribution in [2.24, 2.45) is 0 Å². The van der Waals surface area contributed by atoms with Gasteiger partial charge in [-0.15, -0.1) is 0 Å². The van der Waals surface area contributed by atoms with Crippen molar-refractivity contribution in [1.82, 2.24) is 0 Å². The van der Waals surface area contributed by atoms with E-state index in [1.165, 1.54) is 44.5 Å². The predicted octanol–water partition coefficient (Wildman–Crippen LogP) is 9.10. The van der Waals surface area contributed by atoms with E-state index in [2.05, 4.69) is 152 Å². The van der Waals surface area contributed by atoms with Crippen molar-refractivity contribution in [3.63, 3.8) is 0 Å². The molecule has 7 rings (SSSR count). The summed E-state index contributed by atoms with van der Waals surface area (Å²) in [5.74, 6) is 0. The molecule has 0 bridgehead atoms. The van der Waals surface area contributed by atoms with Crippen molar-refractivity contribution in [2.45, 2.75) is 16.5 Å². The Hall–Kier alpha value is -3.67. The van der Waals surface area contributed by atoms with Crippen molar-refractivity contribution < 1.29 is 21.3 Å². The first-order valence-corrected chi connectivity index (χ1v) is 17.7. The van der Waals surface area contributed by atoms with E-state index in [-0.39, 0.29) is 0 Å². The standard InChI is InChI=1S/C13H9.C13H10.C12H11.Zr/c1-3-7-12-10(5-1)9-11-6-2-4-8-13(11)12;1-3-7-12(8-4-1)11-13-9-5-2-6-10-13;1-2-6-11(7-3-1)10-12-8-4-5-9-12;/h1-9H;1-10H;1-3,6-9H,4,10H2;. The molecular weight excluding hydrogens is 548 g/mol. The Labute approximate surface area is 239 Å². The van der Waals surface area contributed by atoms with Gasteiger partial charge in [0, 0.05) is 0 Å². The van der Waals surface area contributed by atoms with Gasteiger partial charge in [-0.3, -0.25) is 0 Å². The Balaban J connectivity index is 1.49. The van der Waals surface area contributed by atoms with E-state index in [9.17, 15) is 0 Å². The minimum atomic E-state index is -2.64. The number of hydrogen-bond acceptors (Lipinski definition) is 0. The third-order valence-electron chi connectivity index (χ3n) is 8.06. The molecule has 0 unspecified atom stereocenters. The molecule has 1 heteroatoms. The van der Waals surface area contributed by atoms with Gasteiger partial charge in [0.05, 0.1) is 0 Å². The van der Waals surface area contributed by atoms with Gasteiger partial charge in [0.25, 0.3) is 0 Å². The SMILES string of the molecule is C1=C(Cc2ccccc2)C=[C]([Zr](=[C](c2ccccc2)c2ccccc2)[CH]2c3ccccc3-c3ccccc32)C1. The monoisotopic (exact) mass is 576 g/mol. The number of benzene rings is 5. The Morgan fingerprint density at radius 2 is 1.05 bits per heavy atom. The number of allylic oxidation sites excluding steroid dienone is 4. The summed E-state index contributed by atoms with van der Waals surface area (Å²) in [5, 5.41) is 0. The minimum absolute atomic E-state index is 0.450. The molecule has 0 heterocycles. The van der Waals surface area contributed by atoms with E-state index in [1.54, 1.807) is 6.49 Å². The van der Waals surface area contributed by atoms with E-state index in [1.807, 2.05) is 0 Å². The molecule has 0 aliphatic heterocycles. The molecule has 0 spiro atoms. The molecule has 186 valence electrons. The van der Waals surface area contributed by atoms with Crippen LogP contribution in [0, 0.1) is 0 Å². The second-order valence-corrected chi connectivity index (χ2v) is 16.7. The first kappa shape index (κ1) is 24.4. The van der Waals surface area contributed by atoms with Crippen LogP contribution in [0.4, 0.5) is 0 Å². The Kier molecular flexibility index (Phi) is 6.77. The fraction of sp³-hybridized carbons (Fsp3) is 0.0789. The first-order valence-electron chi connectivity index (χ1n) is 13.8. The number of rotatable bonds is 6. The molecule has 0 radical (unpaired) electrons. The first-order chi connectivity index (χ1) is 19.4. The molecular formula is C38H30Zr. The third-order valence-corrected chi connectivity index (χ3v) is 16.3. The van der Waals surface area contributed by atoms with Crippen molar-refractivity contribution in [2.75, 3.05) is 0 Å². The average Bonchev–Trinajstić information content (AvgIpc) is 3.60. The zero-order valence-electron chi connectivity index (χ0n) is 21.9. The van der Waals surface area contributed by atoms with Crippen LogP contribution in [0.1, 0.15) is 37.9 Å². The van der Waals surface area contributed by atoms with Gasteiger partial charge >= 0.3 is 240 Å². The van der Waals surface area contributed by atoms with Crippen molar-refractivity contribution in [3.8, 4) is 11.1 Å². The summed E-state index contributed by atoms with van der Waals surface area (Å²) in [5.41, 5.74) is 11.5. The second kappa shape index (κ2) is 10.8. The summed E-state index contributed by atoms with van der Waals surface area (Å²) in [6, 6.07) is 51.7. The van der Waals surface area contributed by atoms with Gasteiger partial charge in [-0.2, -0.15) is 0 Å². The van der Waals surface area contributed by atoms with Gasteiger partial charge in [0.2, 0.25) is 0 Å². The molecule has 0 amide bonds. The molecule has 2 aliphatic rings. The van der Waals surface area contributed by atoms with Crippen molar-refractivity contribution in [3.05, 3.63) is 188 Å². The van der Waals surface area contributed by atoms with Crippen molar-refractivity contribution >= 4 is 3.21 Å². The predicted molar refractivity (Wildman–Crippen MR) is 161 cm³/mol. The van der Waals surface area contributed by atoms with Crippen LogP contribution in [0.3, 0.4) is 0 Å². The summed E-state index contributed by atoms with van der Waals surface area (Å²) < 4.78 is 3.75. The Morgan fingerprint density at radius 1 is 0.564 bits per heavy atom. The second-order valence-electron chi connectivity index (χ2n) is 10.4. The van der Waals surface area contributed by atoms with Crippen LogP contribution in [0.25, 0.3) is 11.1 Å². The molecule has 2 aliphatic carbocycles. The quantitative estimate of drug-likeness (QED) is 0.189. The fourth-order valence-corrected chi connectivity index (χ4v) is 15.5. The zero-order valence-corrected chi connectivity index (χ0v) is 24.4. The van der Waals surface area contributed by atoms with E-state index < -0.39 is 21.3 Å². The zero-order chi connectivity index (χ0) is 26.0. The topological polar surface area (TPSA) is 0 Å². The van der Waals surface area contributed by atoms with Crippen molar-refractivity contribution in [1.29, 1.82) is 0 Å². The molecule has 39 heavy (non-hydrogen) atoms. The normalized spacial score (nSPS) is 13.8. The molecule has 0 saturated heterocycles. The maximum atomic E-state index is 2.59. The van der Waals surface area contributed by atoms with Gasteiger partial charge < -0.3 is 0 Å². The van der Waals surface area contributed by atoms with Crippen LogP contribution < -0.4 is 0 Å². The van der Waals surface area contributed by atoms with Gasteiger partial charge in [0.15, 0.2) is 0 Å². The summed E-state index contributed by atoms with van der Waals surface area (Å²) in [7, 11) is 0. The van der Waals surface area contributed by atoms with Crippen LogP contribution in [-0.2, 0) is 27.7 Å². The average molecular weight is 578 g/mol. The van der Waals surface area contributed by atoms with E-state index >= 15 is 0 Å². The van der Waals surface area contributed by atoms with E-state index in [4.69, 9.17) is 0 Å². The van der Waals surface area contributed by atoms with Crippen LogP contribution in [-0.4, -0.2) is 3.21 Å². The molecule has 0 atom stereocenters. The molecule has 5 aromatic carbocycles. The summed E-state index contributed by atoms with van der Waals surface area (Å²) >= 11 is -2.64. The third kappa shape index (κ3) is 4.71. The molecule has 5 aromatic rings. The molecule has 0 fully saturated rings. The summed E-state index contributed by atoms with van der Waals surface area (Å²) in [6.45, 7) is 0. The number of fused-ring (bicyclic) bond motifs is 3. The Bertz CT molecular complexity index is 1640. The van der Waals surface area contributed by atoms with Gasteiger partial charge in [0.1, 0.15) is 0 Å². The molecule has 0 N–H and O–H groups in total. The molecule has 0 nitrogen and oxygen atoms in total. The Morgan fingerprint density at radius 3 is 1.62 bits per heavy atom. The van der Waals surface area contributed by atoms with Gasteiger partial charge in [-0.25, -0.2) is 0 Å². The molecule has 0 aromatic heterocycles. The van der Waals surface area contributed by atoms with Crippen LogP contribution >= 0.6 is 0 Å². The van der Waals surface area contributed by atoms with Crippen LogP contribution in [0.15, 0.2) is 161 Å². The van der Waals surface area contributed by atoms with E-state index in [0.717, 1.165) is 12.8 Å². The van der Waals surface area contributed by atoms with Gasteiger partial charge in [-0.1, -0.05) is 0 Å². The molecule has 0 saturated carbocycles.